The van der Waals surface area contributed by atoms with Gasteiger partial charge in [-0.3, -0.25) is 0 Å². The standard InChI is InChI=1S/C25H21NS/c1-3-10-19(11-4-1)21-14-9-15-22(20-12-5-2-6-13-20)25(21)26-18-27-24-17-8-7-16-23(24)26/h1-6,9-15H,7-8,16-17H2. The molecule has 3 aromatic rings. The predicted molar refractivity (Wildman–Crippen MR) is 116 cm³/mol. The van der Waals surface area contributed by atoms with Crippen molar-refractivity contribution in [1.82, 2.24) is 0 Å². The Morgan fingerprint density at radius 2 is 1.26 bits per heavy atom. The molecule has 1 aliphatic heterocycles. The van der Waals surface area contributed by atoms with E-state index < -0.39 is 0 Å². The van der Waals surface area contributed by atoms with Gasteiger partial charge in [-0.2, -0.15) is 0 Å². The van der Waals surface area contributed by atoms with Gasteiger partial charge in [-0.15, -0.1) is 0 Å². The number of hydrogen-bond donors (Lipinski definition) is 0. The first-order valence-electron chi connectivity index (χ1n) is 9.60. The average molecular weight is 368 g/mol. The number of thioether (sulfide) groups is 1. The summed E-state index contributed by atoms with van der Waals surface area (Å²) >= 11 is 1.79. The summed E-state index contributed by atoms with van der Waals surface area (Å²) in [6.07, 6.45) is 4.91. The fourth-order valence-electron chi connectivity index (χ4n) is 4.03. The van der Waals surface area contributed by atoms with Crippen molar-refractivity contribution in [3.8, 4) is 22.3 Å². The van der Waals surface area contributed by atoms with Crippen molar-refractivity contribution in [2.45, 2.75) is 25.7 Å². The van der Waals surface area contributed by atoms with Gasteiger partial charge in [0.25, 0.3) is 0 Å². The second-order valence-electron chi connectivity index (χ2n) is 7.04. The molecule has 0 bridgehead atoms. The lowest BCUT2D eigenvalue weighted by Gasteiger charge is -2.28. The van der Waals surface area contributed by atoms with E-state index in [0.29, 0.717) is 0 Å². The Bertz CT molecular complexity index is 918. The predicted octanol–water partition coefficient (Wildman–Crippen LogP) is 7.36. The van der Waals surface area contributed by atoms with Crippen LogP contribution in [-0.2, 0) is 0 Å². The maximum atomic E-state index is 3.61. The molecule has 2 radical (unpaired) electrons. The Morgan fingerprint density at radius 3 is 1.89 bits per heavy atom. The minimum absolute atomic E-state index is 1.15. The van der Waals surface area contributed by atoms with E-state index in [1.54, 1.807) is 11.8 Å². The summed E-state index contributed by atoms with van der Waals surface area (Å²) in [5, 5.41) is 0. The quantitative estimate of drug-likeness (QED) is 0.476. The smallest absolute Gasteiger partial charge is 0.169 e. The summed E-state index contributed by atoms with van der Waals surface area (Å²) in [6, 6.07) is 28.1. The number of para-hydroxylation sites is 1. The Hall–Kier alpha value is -2.45. The summed E-state index contributed by atoms with van der Waals surface area (Å²) in [4.78, 5) is 3.85. The van der Waals surface area contributed by atoms with Crippen LogP contribution in [0.3, 0.4) is 0 Å². The zero-order valence-corrected chi connectivity index (χ0v) is 16.0. The fraction of sp³-hybridized carbons (Fsp3) is 0.160. The molecule has 5 rings (SSSR count). The number of anilines is 1. The van der Waals surface area contributed by atoms with Crippen LogP contribution < -0.4 is 4.90 Å². The van der Waals surface area contributed by atoms with Gasteiger partial charge >= 0.3 is 0 Å². The zero-order chi connectivity index (χ0) is 18.1. The van der Waals surface area contributed by atoms with Gasteiger partial charge in [0.2, 0.25) is 0 Å². The fourth-order valence-corrected chi connectivity index (χ4v) is 4.99. The minimum Gasteiger partial charge on any atom is -0.321 e. The molecule has 0 saturated heterocycles. The van der Waals surface area contributed by atoms with Gasteiger partial charge in [-0.1, -0.05) is 90.6 Å². The Kier molecular flexibility index (Phi) is 4.51. The van der Waals surface area contributed by atoms with Crippen LogP contribution in [0.4, 0.5) is 5.69 Å². The Labute approximate surface area is 165 Å². The van der Waals surface area contributed by atoms with E-state index in [4.69, 9.17) is 0 Å². The lowest BCUT2D eigenvalue weighted by atomic mass is 9.94. The van der Waals surface area contributed by atoms with Crippen LogP contribution in [0.25, 0.3) is 22.3 Å². The van der Waals surface area contributed by atoms with Gasteiger partial charge in [0.15, 0.2) is 5.88 Å². The third kappa shape index (κ3) is 3.08. The molecular formula is C25H21NS. The molecule has 132 valence electrons. The molecule has 0 atom stereocenters. The van der Waals surface area contributed by atoms with Gasteiger partial charge in [0.05, 0.1) is 5.69 Å². The molecule has 0 fully saturated rings. The third-order valence-electron chi connectivity index (χ3n) is 5.35. The Morgan fingerprint density at radius 1 is 0.667 bits per heavy atom. The molecule has 27 heavy (non-hydrogen) atoms. The van der Waals surface area contributed by atoms with Crippen LogP contribution in [0, 0.1) is 5.88 Å². The summed E-state index contributed by atoms with van der Waals surface area (Å²) in [5.41, 5.74) is 7.75. The SMILES string of the molecule is [C]1SC2=C(CCCC2)N1c1c(-c2ccccc2)cccc1-c1ccccc1. The van der Waals surface area contributed by atoms with E-state index in [9.17, 15) is 0 Å². The lowest BCUT2D eigenvalue weighted by molar-refractivity contribution is 0.687. The van der Waals surface area contributed by atoms with Crippen molar-refractivity contribution in [1.29, 1.82) is 0 Å². The van der Waals surface area contributed by atoms with E-state index in [1.165, 1.54) is 57.8 Å². The van der Waals surface area contributed by atoms with Gasteiger partial charge in [0, 0.05) is 21.7 Å². The van der Waals surface area contributed by atoms with Crippen molar-refractivity contribution >= 4 is 17.4 Å². The molecule has 2 heteroatoms. The number of nitrogens with zero attached hydrogens (tertiary/aromatic N) is 1. The number of rotatable bonds is 3. The highest BCUT2D eigenvalue weighted by Crippen LogP contribution is 2.50. The average Bonchev–Trinajstić information content (AvgIpc) is 3.18. The number of hydrogen-bond acceptors (Lipinski definition) is 2. The van der Waals surface area contributed by atoms with E-state index in [2.05, 4.69) is 89.6 Å². The van der Waals surface area contributed by atoms with Gasteiger partial charge in [0.1, 0.15) is 0 Å². The molecule has 0 saturated carbocycles. The van der Waals surface area contributed by atoms with Crippen LogP contribution in [-0.4, -0.2) is 0 Å². The van der Waals surface area contributed by atoms with E-state index in [-0.39, 0.29) is 0 Å². The first kappa shape index (κ1) is 16.7. The van der Waals surface area contributed by atoms with E-state index in [0.717, 1.165) is 6.42 Å². The highest BCUT2D eigenvalue weighted by atomic mass is 32.2. The maximum Gasteiger partial charge on any atom is 0.169 e. The summed E-state index contributed by atoms with van der Waals surface area (Å²) in [6.45, 7) is 0. The van der Waals surface area contributed by atoms with E-state index in [1.807, 2.05) is 0 Å². The van der Waals surface area contributed by atoms with Crippen molar-refractivity contribution in [3.05, 3.63) is 95.3 Å². The molecule has 3 aromatic carbocycles. The molecule has 0 aromatic heterocycles. The second-order valence-corrected chi connectivity index (χ2v) is 7.92. The summed E-state index contributed by atoms with van der Waals surface area (Å²) < 4.78 is 0. The molecule has 0 spiro atoms. The molecule has 0 unspecified atom stereocenters. The molecule has 0 amide bonds. The molecular weight excluding hydrogens is 346 g/mol. The number of allylic oxidation sites excluding steroid dienone is 2. The van der Waals surface area contributed by atoms with Gasteiger partial charge in [-0.25, -0.2) is 0 Å². The first-order chi connectivity index (χ1) is 13.4. The monoisotopic (exact) mass is 367 g/mol. The summed E-state index contributed by atoms with van der Waals surface area (Å²) in [7, 11) is 0. The van der Waals surface area contributed by atoms with Crippen LogP contribution in [0.2, 0.25) is 0 Å². The van der Waals surface area contributed by atoms with Crippen LogP contribution in [0.5, 0.6) is 0 Å². The maximum absolute atomic E-state index is 3.61. The van der Waals surface area contributed by atoms with Crippen LogP contribution in [0.15, 0.2) is 89.5 Å². The van der Waals surface area contributed by atoms with Crippen LogP contribution >= 0.6 is 11.8 Å². The zero-order valence-electron chi connectivity index (χ0n) is 15.2. The second kappa shape index (κ2) is 7.28. The molecule has 0 N–H and O–H groups in total. The highest BCUT2D eigenvalue weighted by molar-refractivity contribution is 8.05. The molecule has 1 heterocycles. The highest BCUT2D eigenvalue weighted by Gasteiger charge is 2.30. The first-order valence-corrected chi connectivity index (χ1v) is 10.4. The molecule has 2 aliphatic rings. The third-order valence-corrected chi connectivity index (χ3v) is 6.31. The van der Waals surface area contributed by atoms with Crippen molar-refractivity contribution in [3.63, 3.8) is 0 Å². The normalized spacial score (nSPS) is 16.5. The lowest BCUT2D eigenvalue weighted by Crippen LogP contribution is -2.17. The van der Waals surface area contributed by atoms with Gasteiger partial charge < -0.3 is 4.90 Å². The van der Waals surface area contributed by atoms with Crippen molar-refractivity contribution in [2.75, 3.05) is 4.90 Å². The van der Waals surface area contributed by atoms with Gasteiger partial charge in [-0.05, 0) is 36.8 Å². The number of benzene rings is 3. The van der Waals surface area contributed by atoms with Crippen LogP contribution in [0.1, 0.15) is 25.7 Å². The Balaban J connectivity index is 1.73. The van der Waals surface area contributed by atoms with Crippen molar-refractivity contribution in [2.24, 2.45) is 0 Å². The molecule has 1 aliphatic carbocycles. The molecule has 1 nitrogen and oxygen atoms in total. The minimum atomic E-state index is 1.15. The topological polar surface area (TPSA) is 3.24 Å². The van der Waals surface area contributed by atoms with E-state index >= 15 is 0 Å². The van der Waals surface area contributed by atoms with Crippen molar-refractivity contribution < 1.29 is 0 Å². The summed E-state index contributed by atoms with van der Waals surface area (Å²) in [5.74, 6) is 3.61. The largest absolute Gasteiger partial charge is 0.321 e.